The minimum atomic E-state index is -0.957. The molecule has 0 spiro atoms. The molecule has 0 unspecified atom stereocenters. The summed E-state index contributed by atoms with van der Waals surface area (Å²) in [6, 6.07) is 0. The van der Waals surface area contributed by atoms with Gasteiger partial charge < -0.3 is 14.6 Å². The highest BCUT2D eigenvalue weighted by Gasteiger charge is 2.07. The highest BCUT2D eigenvalue weighted by Crippen LogP contribution is 2.16. The lowest BCUT2D eigenvalue weighted by Gasteiger charge is -2.16. The third-order valence-electron chi connectivity index (χ3n) is 0.656. The van der Waals surface area contributed by atoms with Crippen LogP contribution in [0.1, 0.15) is 0 Å². The van der Waals surface area contributed by atoms with Crippen LogP contribution in [-0.4, -0.2) is 24.3 Å². The Balaban J connectivity index is 2.12. The lowest BCUT2D eigenvalue weighted by molar-refractivity contribution is -0.253. The van der Waals surface area contributed by atoms with E-state index in [-0.39, 0.29) is 0 Å². The first-order chi connectivity index (χ1) is 3.39. The summed E-state index contributed by atoms with van der Waals surface area (Å²) in [5.74, 6) is 0. The number of aliphatic hydroxyl groups excluding tert-OH is 1. The highest BCUT2D eigenvalue weighted by molar-refractivity contribution is 7.37. The van der Waals surface area contributed by atoms with E-state index in [4.69, 9.17) is 5.11 Å². The van der Waals surface area contributed by atoms with Crippen LogP contribution in [0.3, 0.4) is 0 Å². The fourth-order valence-corrected chi connectivity index (χ4v) is 0.954. The third kappa shape index (κ3) is 1.70. The SMILES string of the molecule is OC1OCPCO1. The van der Waals surface area contributed by atoms with Crippen molar-refractivity contribution < 1.29 is 14.6 Å². The first kappa shape index (κ1) is 5.45. The summed E-state index contributed by atoms with van der Waals surface area (Å²) in [5, 5.41) is 8.47. The lowest BCUT2D eigenvalue weighted by atomic mass is 11.2. The van der Waals surface area contributed by atoms with Gasteiger partial charge in [0.25, 0.3) is 6.48 Å². The molecule has 7 heavy (non-hydrogen) atoms. The van der Waals surface area contributed by atoms with Crippen LogP contribution in [0.4, 0.5) is 0 Å². The molecule has 4 heteroatoms. The van der Waals surface area contributed by atoms with Crippen molar-refractivity contribution in [2.24, 2.45) is 0 Å². The molecule has 0 bridgehead atoms. The van der Waals surface area contributed by atoms with Crippen molar-refractivity contribution in [1.29, 1.82) is 0 Å². The van der Waals surface area contributed by atoms with Crippen molar-refractivity contribution >= 4 is 8.58 Å². The Hall–Kier alpha value is 0.310. The van der Waals surface area contributed by atoms with Crippen LogP contribution in [0.5, 0.6) is 0 Å². The fraction of sp³-hybridized carbons (Fsp3) is 1.00. The predicted molar refractivity (Wildman–Crippen MR) is 26.2 cm³/mol. The molecule has 0 aliphatic carbocycles. The van der Waals surface area contributed by atoms with Crippen molar-refractivity contribution in [3.63, 3.8) is 0 Å². The Labute approximate surface area is 43.4 Å². The van der Waals surface area contributed by atoms with E-state index in [9.17, 15) is 0 Å². The smallest absolute Gasteiger partial charge is 0.269 e. The highest BCUT2D eigenvalue weighted by atomic mass is 31.1. The second-order valence-corrected chi connectivity index (χ2v) is 2.26. The maximum atomic E-state index is 8.47. The molecule has 0 aromatic carbocycles. The predicted octanol–water partition coefficient (Wildman–Crippen LogP) is -0.0974. The standard InChI is InChI=1S/C3H7O3P/c4-3-5-1-7-2-6-3/h3-4,7H,1-2H2. The molecule has 0 aromatic rings. The summed E-state index contributed by atoms with van der Waals surface area (Å²) in [5.41, 5.74) is 0. The molecule has 1 rings (SSSR count). The molecule has 0 amide bonds. The summed E-state index contributed by atoms with van der Waals surface area (Å²) in [6.07, 6.45) is 1.28. The Morgan fingerprint density at radius 3 is 2.29 bits per heavy atom. The summed E-state index contributed by atoms with van der Waals surface area (Å²) >= 11 is 0. The number of ether oxygens (including phenoxy) is 2. The summed E-state index contributed by atoms with van der Waals surface area (Å²) < 4.78 is 9.25. The van der Waals surface area contributed by atoms with Crippen molar-refractivity contribution in [2.45, 2.75) is 6.48 Å². The van der Waals surface area contributed by atoms with Gasteiger partial charge in [0.2, 0.25) is 0 Å². The van der Waals surface area contributed by atoms with Crippen LogP contribution in [0.2, 0.25) is 0 Å². The van der Waals surface area contributed by atoms with E-state index in [0.29, 0.717) is 21.3 Å². The fourth-order valence-electron chi connectivity index (χ4n) is 0.350. The van der Waals surface area contributed by atoms with E-state index < -0.39 is 6.48 Å². The zero-order chi connectivity index (χ0) is 5.11. The van der Waals surface area contributed by atoms with Gasteiger partial charge >= 0.3 is 0 Å². The van der Waals surface area contributed by atoms with Crippen LogP contribution < -0.4 is 0 Å². The van der Waals surface area contributed by atoms with E-state index >= 15 is 0 Å². The Kier molecular flexibility index (Phi) is 2.00. The second kappa shape index (κ2) is 2.58. The maximum Gasteiger partial charge on any atom is 0.269 e. The minimum Gasteiger partial charge on any atom is -0.346 e. The molecule has 0 saturated carbocycles. The van der Waals surface area contributed by atoms with Crippen LogP contribution in [-0.2, 0) is 9.47 Å². The molecule has 1 fully saturated rings. The number of aliphatic hydroxyl groups is 1. The van der Waals surface area contributed by atoms with Gasteiger partial charge in [-0.25, -0.2) is 0 Å². The molecule has 1 aliphatic heterocycles. The molecule has 1 heterocycles. The Morgan fingerprint density at radius 2 is 2.00 bits per heavy atom. The molecule has 3 nitrogen and oxygen atoms in total. The minimum absolute atomic E-state index is 0.640. The molecule has 42 valence electrons. The van der Waals surface area contributed by atoms with Crippen molar-refractivity contribution in [2.75, 3.05) is 12.7 Å². The zero-order valence-corrected chi connectivity index (χ0v) is 4.76. The van der Waals surface area contributed by atoms with Crippen LogP contribution >= 0.6 is 8.58 Å². The molecular weight excluding hydrogens is 115 g/mol. The molecular formula is C3H7O3P. The van der Waals surface area contributed by atoms with E-state index in [1.807, 2.05) is 0 Å². The quantitative estimate of drug-likeness (QED) is 0.456. The molecule has 0 radical (unpaired) electrons. The van der Waals surface area contributed by atoms with Gasteiger partial charge in [-0.2, -0.15) is 0 Å². The van der Waals surface area contributed by atoms with Crippen molar-refractivity contribution in [1.82, 2.24) is 0 Å². The van der Waals surface area contributed by atoms with E-state index in [1.165, 1.54) is 0 Å². The maximum absolute atomic E-state index is 8.47. The van der Waals surface area contributed by atoms with Gasteiger partial charge in [0, 0.05) is 0 Å². The van der Waals surface area contributed by atoms with Gasteiger partial charge in [0.15, 0.2) is 0 Å². The number of hydrogen-bond acceptors (Lipinski definition) is 3. The largest absolute Gasteiger partial charge is 0.346 e. The topological polar surface area (TPSA) is 38.7 Å². The van der Waals surface area contributed by atoms with Crippen molar-refractivity contribution in [3.8, 4) is 0 Å². The van der Waals surface area contributed by atoms with Gasteiger partial charge in [-0.1, -0.05) is 8.58 Å². The van der Waals surface area contributed by atoms with E-state index in [2.05, 4.69) is 9.47 Å². The summed E-state index contributed by atoms with van der Waals surface area (Å²) in [6.45, 7) is -0.957. The van der Waals surface area contributed by atoms with Gasteiger partial charge in [0.1, 0.15) is 0 Å². The summed E-state index contributed by atoms with van der Waals surface area (Å²) in [7, 11) is 0.683. The molecule has 0 aromatic heterocycles. The van der Waals surface area contributed by atoms with Crippen LogP contribution in [0.15, 0.2) is 0 Å². The third-order valence-corrected chi connectivity index (χ3v) is 1.40. The van der Waals surface area contributed by atoms with Crippen LogP contribution in [0, 0.1) is 0 Å². The molecule has 0 atom stereocenters. The van der Waals surface area contributed by atoms with E-state index in [0.717, 1.165) is 0 Å². The van der Waals surface area contributed by atoms with Crippen LogP contribution in [0.25, 0.3) is 0 Å². The molecule has 1 saturated heterocycles. The van der Waals surface area contributed by atoms with E-state index in [1.54, 1.807) is 0 Å². The average Bonchev–Trinajstić information content (AvgIpc) is 1.69. The van der Waals surface area contributed by atoms with Crippen molar-refractivity contribution in [3.05, 3.63) is 0 Å². The Morgan fingerprint density at radius 1 is 1.43 bits per heavy atom. The Bertz CT molecular complexity index is 52.1. The molecule has 1 N–H and O–H groups in total. The lowest BCUT2D eigenvalue weighted by Crippen LogP contribution is -2.19. The van der Waals surface area contributed by atoms with Gasteiger partial charge in [-0.15, -0.1) is 0 Å². The summed E-state index contributed by atoms with van der Waals surface area (Å²) in [4.78, 5) is 0. The van der Waals surface area contributed by atoms with Gasteiger partial charge in [-0.3, -0.25) is 0 Å². The zero-order valence-electron chi connectivity index (χ0n) is 3.76. The first-order valence-corrected chi connectivity index (χ1v) is 3.43. The second-order valence-electron chi connectivity index (χ2n) is 1.18. The normalized spacial score (nSPS) is 36.4. The average molecular weight is 122 g/mol. The number of hydrogen-bond donors (Lipinski definition) is 1. The first-order valence-electron chi connectivity index (χ1n) is 2.01. The number of rotatable bonds is 0. The molecule has 1 aliphatic rings. The monoisotopic (exact) mass is 122 g/mol. The van der Waals surface area contributed by atoms with Gasteiger partial charge in [-0.05, 0) is 0 Å². The van der Waals surface area contributed by atoms with Gasteiger partial charge in [0.05, 0.1) is 12.7 Å².